The molecule has 0 radical (unpaired) electrons. The number of hydrogen-bond donors (Lipinski definition) is 2. The second-order valence-corrected chi connectivity index (χ2v) is 4.32. The van der Waals surface area contributed by atoms with Gasteiger partial charge in [-0.25, -0.2) is 0 Å². The van der Waals surface area contributed by atoms with Gasteiger partial charge in [-0.1, -0.05) is 18.1 Å². The van der Waals surface area contributed by atoms with Gasteiger partial charge in [0.2, 0.25) is 5.91 Å². The smallest absolute Gasteiger partial charge is 0.317 e. The number of carboxylic acids is 1. The summed E-state index contributed by atoms with van der Waals surface area (Å²) in [6, 6.07) is 8.90. The van der Waals surface area contributed by atoms with Gasteiger partial charge in [0.25, 0.3) is 0 Å². The third-order valence-electron chi connectivity index (χ3n) is 2.56. The number of benzene rings is 1. The summed E-state index contributed by atoms with van der Waals surface area (Å²) in [6.45, 7) is -0.310. The third-order valence-corrected chi connectivity index (χ3v) is 2.56. The second kappa shape index (κ2) is 8.36. The monoisotopic (exact) mass is 285 g/mol. The van der Waals surface area contributed by atoms with Crippen LogP contribution in [0, 0.1) is 23.7 Å². The Morgan fingerprint density at radius 2 is 1.95 bits per heavy atom. The predicted octanol–water partition coefficient (Wildman–Crippen LogP) is 0.711. The van der Waals surface area contributed by atoms with Crippen LogP contribution in [0.2, 0.25) is 0 Å². The molecule has 0 aromatic heterocycles. The third kappa shape index (κ3) is 6.24. The lowest BCUT2D eigenvalue weighted by atomic mass is 10.1. The number of amides is 1. The van der Waals surface area contributed by atoms with Crippen LogP contribution >= 0.6 is 0 Å². The van der Waals surface area contributed by atoms with Crippen LogP contribution in [0.3, 0.4) is 0 Å². The Morgan fingerprint density at radius 3 is 2.48 bits per heavy atom. The molecule has 0 fully saturated rings. The Kier molecular flexibility index (Phi) is 6.46. The number of carboxylic acid groups (broad SMARTS) is 1. The molecular formula is C15H15N3O3. The number of anilines is 1. The van der Waals surface area contributed by atoms with Crippen molar-refractivity contribution in [3.63, 3.8) is 0 Å². The van der Waals surface area contributed by atoms with Gasteiger partial charge in [0.05, 0.1) is 32.1 Å². The number of carbonyl (C=O) groups excluding carboxylic acids is 1. The van der Waals surface area contributed by atoms with Gasteiger partial charge in [0, 0.05) is 5.69 Å². The number of hydrogen-bond acceptors (Lipinski definition) is 4. The molecule has 6 nitrogen and oxygen atoms in total. The number of nitrogens with zero attached hydrogens (tertiary/aromatic N) is 2. The minimum absolute atomic E-state index is 0.0842. The van der Waals surface area contributed by atoms with Crippen molar-refractivity contribution in [1.82, 2.24) is 4.90 Å². The van der Waals surface area contributed by atoms with Crippen LogP contribution in [0.4, 0.5) is 5.69 Å². The van der Waals surface area contributed by atoms with Crippen molar-refractivity contribution < 1.29 is 14.7 Å². The minimum Gasteiger partial charge on any atom is -0.480 e. The summed E-state index contributed by atoms with van der Waals surface area (Å²) >= 11 is 0. The number of nitriles is 1. The highest BCUT2D eigenvalue weighted by Gasteiger charge is 2.13. The Balaban J connectivity index is 2.57. The average molecular weight is 285 g/mol. The molecule has 0 unspecified atom stereocenters. The van der Waals surface area contributed by atoms with Crippen molar-refractivity contribution >= 4 is 17.6 Å². The second-order valence-electron chi connectivity index (χ2n) is 4.32. The number of aliphatic carboxylic acids is 1. The molecule has 2 N–H and O–H groups in total. The summed E-state index contributed by atoms with van der Waals surface area (Å²) < 4.78 is 0. The van der Waals surface area contributed by atoms with E-state index in [0.29, 0.717) is 12.1 Å². The van der Waals surface area contributed by atoms with Crippen molar-refractivity contribution in [2.75, 3.05) is 25.0 Å². The Morgan fingerprint density at radius 1 is 1.29 bits per heavy atom. The van der Waals surface area contributed by atoms with Crippen molar-refractivity contribution in [3.8, 4) is 18.4 Å². The van der Waals surface area contributed by atoms with Gasteiger partial charge in [0.15, 0.2) is 0 Å². The molecule has 1 rings (SSSR count). The molecule has 0 aliphatic carbocycles. The van der Waals surface area contributed by atoms with Gasteiger partial charge in [-0.2, -0.15) is 5.26 Å². The van der Waals surface area contributed by atoms with Crippen molar-refractivity contribution in [2.24, 2.45) is 0 Å². The lowest BCUT2D eigenvalue weighted by Crippen LogP contribution is -2.37. The summed E-state index contributed by atoms with van der Waals surface area (Å²) in [4.78, 5) is 23.8. The predicted molar refractivity (Wildman–Crippen MR) is 77.3 cm³/mol. The molecule has 21 heavy (non-hydrogen) atoms. The zero-order chi connectivity index (χ0) is 15.7. The van der Waals surface area contributed by atoms with Crippen LogP contribution < -0.4 is 5.32 Å². The first kappa shape index (κ1) is 16.2. The number of rotatable bonds is 7. The quantitative estimate of drug-likeness (QED) is 0.720. The lowest BCUT2D eigenvalue weighted by molar-refractivity contribution is -0.138. The van der Waals surface area contributed by atoms with Gasteiger partial charge in [-0.15, -0.1) is 6.42 Å². The van der Waals surface area contributed by atoms with E-state index in [0.717, 1.165) is 5.56 Å². The molecule has 0 saturated heterocycles. The maximum atomic E-state index is 11.8. The summed E-state index contributed by atoms with van der Waals surface area (Å²) in [5.41, 5.74) is 1.44. The fourth-order valence-corrected chi connectivity index (χ4v) is 1.69. The summed E-state index contributed by atoms with van der Waals surface area (Å²) in [6.07, 6.45) is 5.44. The zero-order valence-corrected chi connectivity index (χ0v) is 11.4. The van der Waals surface area contributed by atoms with E-state index in [4.69, 9.17) is 16.8 Å². The zero-order valence-electron chi connectivity index (χ0n) is 11.4. The molecule has 0 bridgehead atoms. The Hall–Kier alpha value is -2.83. The highest BCUT2D eigenvalue weighted by molar-refractivity contribution is 5.92. The van der Waals surface area contributed by atoms with E-state index >= 15 is 0 Å². The van der Waals surface area contributed by atoms with Crippen LogP contribution in [0.5, 0.6) is 0 Å². The van der Waals surface area contributed by atoms with E-state index in [1.54, 1.807) is 24.3 Å². The first-order valence-electron chi connectivity index (χ1n) is 6.18. The van der Waals surface area contributed by atoms with Gasteiger partial charge in [-0.3, -0.25) is 14.5 Å². The van der Waals surface area contributed by atoms with Crippen LogP contribution in [0.1, 0.15) is 5.56 Å². The Bertz CT molecular complexity index is 582. The molecule has 1 amide bonds. The van der Waals surface area contributed by atoms with E-state index in [-0.39, 0.29) is 25.5 Å². The SMILES string of the molecule is C#CCN(CC(=O)O)CC(=O)Nc1ccc(CC#N)cc1. The van der Waals surface area contributed by atoms with Crippen LogP contribution in [-0.4, -0.2) is 41.5 Å². The van der Waals surface area contributed by atoms with Crippen LogP contribution in [0.15, 0.2) is 24.3 Å². The van der Waals surface area contributed by atoms with Crippen molar-refractivity contribution in [2.45, 2.75) is 6.42 Å². The number of nitrogens with one attached hydrogen (secondary N) is 1. The fraction of sp³-hybridized carbons (Fsp3) is 0.267. The Labute approximate surface area is 123 Å². The summed E-state index contributed by atoms with van der Waals surface area (Å²) in [5.74, 6) is 0.926. The molecular weight excluding hydrogens is 270 g/mol. The lowest BCUT2D eigenvalue weighted by Gasteiger charge is -2.16. The average Bonchev–Trinajstić information content (AvgIpc) is 2.40. The highest BCUT2D eigenvalue weighted by Crippen LogP contribution is 2.09. The van der Waals surface area contributed by atoms with Gasteiger partial charge >= 0.3 is 5.97 Å². The normalized spacial score (nSPS) is 9.67. The van der Waals surface area contributed by atoms with Crippen LogP contribution in [-0.2, 0) is 16.0 Å². The maximum absolute atomic E-state index is 11.8. The first-order valence-corrected chi connectivity index (χ1v) is 6.18. The van der Waals surface area contributed by atoms with E-state index in [1.165, 1.54) is 4.90 Å². The molecule has 0 heterocycles. The maximum Gasteiger partial charge on any atom is 0.317 e. The standard InChI is InChI=1S/C15H15N3O3/c1-2-9-18(11-15(20)21)10-14(19)17-13-5-3-12(4-6-13)7-8-16/h1,3-6H,7,9-11H2,(H,17,19)(H,20,21). The first-order chi connectivity index (χ1) is 10.0. The molecule has 0 atom stereocenters. The number of terminal acetylenes is 1. The van der Waals surface area contributed by atoms with E-state index in [1.807, 2.05) is 6.07 Å². The molecule has 0 aliphatic heterocycles. The van der Waals surface area contributed by atoms with E-state index in [2.05, 4.69) is 11.2 Å². The topological polar surface area (TPSA) is 93.4 Å². The molecule has 1 aromatic rings. The van der Waals surface area contributed by atoms with Gasteiger partial charge in [0.1, 0.15) is 0 Å². The van der Waals surface area contributed by atoms with Gasteiger partial charge < -0.3 is 10.4 Å². The molecule has 0 spiro atoms. The van der Waals surface area contributed by atoms with E-state index in [9.17, 15) is 9.59 Å². The molecule has 0 aliphatic rings. The van der Waals surface area contributed by atoms with Crippen LogP contribution in [0.25, 0.3) is 0 Å². The van der Waals surface area contributed by atoms with Crippen molar-refractivity contribution in [1.29, 1.82) is 5.26 Å². The highest BCUT2D eigenvalue weighted by atomic mass is 16.4. The summed E-state index contributed by atoms with van der Waals surface area (Å²) in [5, 5.41) is 19.9. The largest absolute Gasteiger partial charge is 0.480 e. The van der Waals surface area contributed by atoms with Crippen molar-refractivity contribution in [3.05, 3.63) is 29.8 Å². The minimum atomic E-state index is -1.04. The number of carbonyl (C=O) groups is 2. The summed E-state index contributed by atoms with van der Waals surface area (Å²) in [7, 11) is 0. The van der Waals surface area contributed by atoms with Gasteiger partial charge in [-0.05, 0) is 17.7 Å². The molecule has 1 aromatic carbocycles. The fourth-order valence-electron chi connectivity index (χ4n) is 1.69. The molecule has 6 heteroatoms. The van der Waals surface area contributed by atoms with E-state index < -0.39 is 5.97 Å². The molecule has 108 valence electrons. The molecule has 0 saturated carbocycles.